The van der Waals surface area contributed by atoms with Gasteiger partial charge < -0.3 is 9.64 Å². The van der Waals surface area contributed by atoms with Crippen LogP contribution in [-0.2, 0) is 4.74 Å². The molecule has 76 valence electrons. The summed E-state index contributed by atoms with van der Waals surface area (Å²) >= 11 is 0. The highest BCUT2D eigenvalue weighted by molar-refractivity contribution is 5.78. The zero-order valence-electron chi connectivity index (χ0n) is 8.68. The Morgan fingerprint density at radius 2 is 2.08 bits per heavy atom. The van der Waals surface area contributed by atoms with E-state index in [1.54, 1.807) is 0 Å². The third-order valence-electron chi connectivity index (χ3n) is 2.67. The van der Waals surface area contributed by atoms with Crippen LogP contribution < -0.4 is 0 Å². The van der Waals surface area contributed by atoms with Gasteiger partial charge in [0.1, 0.15) is 0 Å². The number of rotatable bonds is 3. The lowest BCUT2D eigenvalue weighted by Crippen LogP contribution is -2.33. The van der Waals surface area contributed by atoms with E-state index in [2.05, 4.69) is 4.90 Å². The molecule has 0 aromatic carbocycles. The van der Waals surface area contributed by atoms with E-state index in [0.717, 1.165) is 50.8 Å². The molecular weight excluding hydrogens is 164 g/mol. The Bertz CT molecular complexity index is 164. The van der Waals surface area contributed by atoms with Crippen molar-refractivity contribution in [2.75, 3.05) is 26.8 Å². The van der Waals surface area contributed by atoms with Gasteiger partial charge in [-0.15, -0.1) is 0 Å². The van der Waals surface area contributed by atoms with Gasteiger partial charge in [-0.1, -0.05) is 6.92 Å². The summed E-state index contributed by atoms with van der Waals surface area (Å²) in [5.74, 6) is 1.47. The molecule has 0 spiro atoms. The molecule has 1 aliphatic heterocycles. The normalized spacial score (nSPS) is 18.6. The molecule has 1 N–H and O–H groups in total. The van der Waals surface area contributed by atoms with Gasteiger partial charge >= 0.3 is 0 Å². The number of hydrogen-bond acceptors (Lipinski definition) is 2. The second-order valence-corrected chi connectivity index (χ2v) is 3.74. The van der Waals surface area contributed by atoms with Crippen molar-refractivity contribution < 1.29 is 4.74 Å². The summed E-state index contributed by atoms with van der Waals surface area (Å²) in [7, 11) is 2.02. The van der Waals surface area contributed by atoms with Gasteiger partial charge in [0.15, 0.2) is 0 Å². The summed E-state index contributed by atoms with van der Waals surface area (Å²) in [6, 6.07) is 0. The summed E-state index contributed by atoms with van der Waals surface area (Å²) in [6.07, 6.45) is 3.14. The molecule has 0 atom stereocenters. The first-order valence-corrected chi connectivity index (χ1v) is 5.10. The van der Waals surface area contributed by atoms with Crippen LogP contribution in [0.5, 0.6) is 0 Å². The van der Waals surface area contributed by atoms with Crippen LogP contribution in [0.2, 0.25) is 0 Å². The molecule has 3 nitrogen and oxygen atoms in total. The van der Waals surface area contributed by atoms with Gasteiger partial charge in [0.05, 0.1) is 5.84 Å². The monoisotopic (exact) mass is 184 g/mol. The molecule has 1 saturated heterocycles. The second-order valence-electron chi connectivity index (χ2n) is 3.74. The van der Waals surface area contributed by atoms with Gasteiger partial charge in [-0.25, -0.2) is 0 Å². The highest BCUT2D eigenvalue weighted by Gasteiger charge is 2.16. The molecule has 0 aromatic rings. The van der Waals surface area contributed by atoms with E-state index >= 15 is 0 Å². The number of ether oxygens (including phenoxy) is 1. The van der Waals surface area contributed by atoms with Crippen LogP contribution in [0.4, 0.5) is 0 Å². The topological polar surface area (TPSA) is 36.3 Å². The molecule has 13 heavy (non-hydrogen) atoms. The molecular formula is C10H20N2O. The number of nitrogens with zero attached hydrogens (tertiary/aromatic N) is 1. The Morgan fingerprint density at radius 3 is 2.62 bits per heavy atom. The van der Waals surface area contributed by atoms with Crippen molar-refractivity contribution in [3.8, 4) is 0 Å². The zero-order chi connectivity index (χ0) is 9.68. The highest BCUT2D eigenvalue weighted by Crippen LogP contribution is 2.15. The summed E-state index contributed by atoms with van der Waals surface area (Å²) in [5, 5.41) is 7.66. The van der Waals surface area contributed by atoms with Gasteiger partial charge in [-0.2, -0.15) is 0 Å². The third-order valence-corrected chi connectivity index (χ3v) is 2.67. The Kier molecular flexibility index (Phi) is 4.22. The van der Waals surface area contributed by atoms with Crippen molar-refractivity contribution in [2.24, 2.45) is 5.92 Å². The molecule has 3 heteroatoms. The first-order valence-electron chi connectivity index (χ1n) is 5.10. The van der Waals surface area contributed by atoms with Crippen LogP contribution in [-0.4, -0.2) is 37.5 Å². The number of nitrogens with one attached hydrogen (secondary N) is 1. The van der Waals surface area contributed by atoms with Crippen molar-refractivity contribution in [1.82, 2.24) is 4.90 Å². The maximum absolute atomic E-state index is 7.66. The van der Waals surface area contributed by atoms with Crippen LogP contribution in [0.3, 0.4) is 0 Å². The Balaban J connectivity index is 2.25. The predicted octanol–water partition coefficient (Wildman–Crippen LogP) is 1.73. The lowest BCUT2D eigenvalue weighted by atomic mass is 10.00. The SMILES string of the molecule is CCC(=N)N(C)CC1CCOCC1. The molecule has 1 aliphatic rings. The second kappa shape index (κ2) is 5.22. The third kappa shape index (κ3) is 3.35. The lowest BCUT2D eigenvalue weighted by molar-refractivity contribution is 0.0611. The smallest absolute Gasteiger partial charge is 0.0952 e. The van der Waals surface area contributed by atoms with Crippen LogP contribution in [0, 0.1) is 11.3 Å². The van der Waals surface area contributed by atoms with E-state index < -0.39 is 0 Å². The Hall–Kier alpha value is -0.570. The predicted molar refractivity (Wildman–Crippen MR) is 54.2 cm³/mol. The standard InChI is InChI=1S/C10H20N2O/c1-3-10(11)12(2)8-9-4-6-13-7-5-9/h9,11H,3-8H2,1-2H3. The van der Waals surface area contributed by atoms with Crippen molar-refractivity contribution in [2.45, 2.75) is 26.2 Å². The zero-order valence-corrected chi connectivity index (χ0v) is 8.68. The minimum absolute atomic E-state index is 0.727. The van der Waals surface area contributed by atoms with Gasteiger partial charge in [-0.3, -0.25) is 5.41 Å². The van der Waals surface area contributed by atoms with E-state index in [0.29, 0.717) is 0 Å². The maximum Gasteiger partial charge on any atom is 0.0952 e. The van der Waals surface area contributed by atoms with E-state index in [1.807, 2.05) is 14.0 Å². The molecule has 0 unspecified atom stereocenters. The average molecular weight is 184 g/mol. The molecule has 1 fully saturated rings. The van der Waals surface area contributed by atoms with Crippen molar-refractivity contribution in [1.29, 1.82) is 5.41 Å². The molecule has 0 saturated carbocycles. The largest absolute Gasteiger partial charge is 0.381 e. The maximum atomic E-state index is 7.66. The molecule has 0 amide bonds. The Morgan fingerprint density at radius 1 is 1.46 bits per heavy atom. The number of amidine groups is 1. The molecule has 0 aliphatic carbocycles. The molecule has 0 aromatic heterocycles. The minimum atomic E-state index is 0.727. The summed E-state index contributed by atoms with van der Waals surface area (Å²) in [5.41, 5.74) is 0. The fraction of sp³-hybridized carbons (Fsp3) is 0.900. The van der Waals surface area contributed by atoms with E-state index in [4.69, 9.17) is 10.1 Å². The van der Waals surface area contributed by atoms with Gasteiger partial charge in [0.2, 0.25) is 0 Å². The minimum Gasteiger partial charge on any atom is -0.381 e. The van der Waals surface area contributed by atoms with Crippen LogP contribution >= 0.6 is 0 Å². The fourth-order valence-electron chi connectivity index (χ4n) is 1.70. The molecule has 0 radical (unpaired) electrons. The van der Waals surface area contributed by atoms with E-state index in [9.17, 15) is 0 Å². The summed E-state index contributed by atoms with van der Waals surface area (Å²) in [6.45, 7) is 4.86. The average Bonchev–Trinajstić information content (AvgIpc) is 2.18. The van der Waals surface area contributed by atoms with Crippen LogP contribution in [0.1, 0.15) is 26.2 Å². The highest BCUT2D eigenvalue weighted by atomic mass is 16.5. The van der Waals surface area contributed by atoms with Gasteiger partial charge in [0.25, 0.3) is 0 Å². The van der Waals surface area contributed by atoms with Crippen LogP contribution in [0.25, 0.3) is 0 Å². The van der Waals surface area contributed by atoms with Gasteiger partial charge in [0, 0.05) is 33.2 Å². The van der Waals surface area contributed by atoms with Crippen LogP contribution in [0.15, 0.2) is 0 Å². The first kappa shape index (κ1) is 10.5. The Labute approximate surface area is 80.6 Å². The fourth-order valence-corrected chi connectivity index (χ4v) is 1.70. The van der Waals surface area contributed by atoms with E-state index in [1.165, 1.54) is 0 Å². The summed E-state index contributed by atoms with van der Waals surface area (Å²) < 4.78 is 5.30. The van der Waals surface area contributed by atoms with Gasteiger partial charge in [-0.05, 0) is 18.8 Å². The molecule has 1 rings (SSSR count). The van der Waals surface area contributed by atoms with Crippen molar-refractivity contribution in [3.63, 3.8) is 0 Å². The van der Waals surface area contributed by atoms with Crippen molar-refractivity contribution >= 4 is 5.84 Å². The molecule has 0 bridgehead atoms. The quantitative estimate of drug-likeness (QED) is 0.535. The first-order chi connectivity index (χ1) is 6.24. The van der Waals surface area contributed by atoms with Crippen molar-refractivity contribution in [3.05, 3.63) is 0 Å². The molecule has 1 heterocycles. The lowest BCUT2D eigenvalue weighted by Gasteiger charge is -2.28. The van der Waals surface area contributed by atoms with E-state index in [-0.39, 0.29) is 0 Å². The number of hydrogen-bond donors (Lipinski definition) is 1. The summed E-state index contributed by atoms with van der Waals surface area (Å²) in [4.78, 5) is 2.07.